The molecular formula is C29H37N3O. The zero-order chi connectivity index (χ0) is 22.6. The summed E-state index contributed by atoms with van der Waals surface area (Å²) in [5, 5.41) is 2.57. The van der Waals surface area contributed by atoms with Gasteiger partial charge in [-0.1, -0.05) is 38.1 Å². The number of fused-ring (bicyclic) bond motifs is 1. The van der Waals surface area contributed by atoms with Crippen LogP contribution in [-0.4, -0.2) is 42.2 Å². The van der Waals surface area contributed by atoms with Crippen molar-refractivity contribution in [3.05, 3.63) is 66.4 Å². The third-order valence-corrected chi connectivity index (χ3v) is 7.59. The first kappa shape index (κ1) is 22.2. The van der Waals surface area contributed by atoms with E-state index >= 15 is 0 Å². The van der Waals surface area contributed by atoms with Crippen LogP contribution in [-0.2, 0) is 6.54 Å². The van der Waals surface area contributed by atoms with Crippen molar-refractivity contribution in [1.29, 1.82) is 0 Å². The molecule has 2 aromatic carbocycles. The van der Waals surface area contributed by atoms with Crippen molar-refractivity contribution >= 4 is 16.6 Å². The number of benzene rings is 2. The molecule has 1 saturated heterocycles. The highest BCUT2D eigenvalue weighted by Gasteiger charge is 2.24. The van der Waals surface area contributed by atoms with Crippen LogP contribution in [0.2, 0.25) is 0 Å². The fraction of sp³-hybridized carbons (Fsp3) is 0.483. The van der Waals surface area contributed by atoms with Crippen LogP contribution >= 0.6 is 0 Å². The molecule has 4 nitrogen and oxygen atoms in total. The highest BCUT2D eigenvalue weighted by atomic mass is 16.5. The van der Waals surface area contributed by atoms with Crippen LogP contribution in [0.5, 0.6) is 5.75 Å². The Hall–Kier alpha value is -2.59. The molecule has 0 spiro atoms. The average molecular weight is 444 g/mol. The second-order valence-corrected chi connectivity index (χ2v) is 10.2. The minimum atomic E-state index is 0.376. The molecule has 4 heteroatoms. The van der Waals surface area contributed by atoms with Gasteiger partial charge in [0.05, 0.1) is 6.10 Å². The quantitative estimate of drug-likeness (QED) is 0.457. The smallest absolute Gasteiger partial charge is 0.128 e. The Bertz CT molecular complexity index is 1040. The molecule has 33 heavy (non-hydrogen) atoms. The first-order chi connectivity index (χ1) is 16.1. The standard InChI is InChI=1S/C29H37N3O/c1-22(2)24-8-11-27(12-9-24)33-28-13-10-25-19-23(6-7-26(25)20-28)21-31-15-17-32(18-16-31)29-5-3-4-14-30-29/h3-7,10,13-14,19-20,22,24,27H,8-9,11-12,15-18,21H2,1-2H3. The highest BCUT2D eigenvalue weighted by molar-refractivity contribution is 5.84. The van der Waals surface area contributed by atoms with Gasteiger partial charge in [-0.25, -0.2) is 4.98 Å². The average Bonchev–Trinajstić information content (AvgIpc) is 2.85. The monoisotopic (exact) mass is 443 g/mol. The van der Waals surface area contributed by atoms with E-state index in [-0.39, 0.29) is 0 Å². The molecule has 0 amide bonds. The van der Waals surface area contributed by atoms with Crippen molar-refractivity contribution < 1.29 is 4.74 Å². The van der Waals surface area contributed by atoms with Gasteiger partial charge in [-0.2, -0.15) is 0 Å². The van der Waals surface area contributed by atoms with Gasteiger partial charge >= 0.3 is 0 Å². The van der Waals surface area contributed by atoms with Gasteiger partial charge in [0.15, 0.2) is 0 Å². The van der Waals surface area contributed by atoms with E-state index in [0.717, 1.165) is 56.1 Å². The normalized spacial score (nSPS) is 22.1. The van der Waals surface area contributed by atoms with Gasteiger partial charge in [-0.3, -0.25) is 4.90 Å². The lowest BCUT2D eigenvalue weighted by Crippen LogP contribution is -2.46. The number of pyridine rings is 1. The van der Waals surface area contributed by atoms with Crippen LogP contribution in [0.1, 0.15) is 45.1 Å². The van der Waals surface area contributed by atoms with E-state index in [2.05, 4.69) is 77.2 Å². The maximum atomic E-state index is 6.37. The van der Waals surface area contributed by atoms with Gasteiger partial charge in [-0.15, -0.1) is 0 Å². The zero-order valence-electron chi connectivity index (χ0n) is 20.1. The molecule has 3 aromatic rings. The molecular weight excluding hydrogens is 406 g/mol. The fourth-order valence-electron chi connectivity index (χ4n) is 5.44. The van der Waals surface area contributed by atoms with E-state index in [4.69, 9.17) is 4.74 Å². The Morgan fingerprint density at radius 2 is 1.64 bits per heavy atom. The Balaban J connectivity index is 1.16. The van der Waals surface area contributed by atoms with Gasteiger partial charge in [0.25, 0.3) is 0 Å². The summed E-state index contributed by atoms with van der Waals surface area (Å²) in [7, 11) is 0. The van der Waals surface area contributed by atoms with Crippen molar-refractivity contribution in [2.75, 3.05) is 31.1 Å². The number of hydrogen-bond acceptors (Lipinski definition) is 4. The third-order valence-electron chi connectivity index (χ3n) is 7.59. The number of ether oxygens (including phenoxy) is 1. The number of nitrogens with zero attached hydrogens (tertiary/aromatic N) is 3. The predicted molar refractivity (Wildman–Crippen MR) is 137 cm³/mol. The molecule has 0 atom stereocenters. The number of piperazine rings is 1. The van der Waals surface area contributed by atoms with Crippen molar-refractivity contribution in [2.45, 2.75) is 52.2 Å². The lowest BCUT2D eigenvalue weighted by Gasteiger charge is -2.35. The Morgan fingerprint density at radius 1 is 0.879 bits per heavy atom. The lowest BCUT2D eigenvalue weighted by atomic mass is 9.80. The summed E-state index contributed by atoms with van der Waals surface area (Å²) >= 11 is 0. The summed E-state index contributed by atoms with van der Waals surface area (Å²) in [6.45, 7) is 9.91. The van der Waals surface area contributed by atoms with E-state index in [9.17, 15) is 0 Å². The molecule has 1 saturated carbocycles. The molecule has 1 aromatic heterocycles. The molecule has 2 heterocycles. The summed E-state index contributed by atoms with van der Waals surface area (Å²) < 4.78 is 6.37. The SMILES string of the molecule is CC(C)C1CCC(Oc2ccc3cc(CN4CCN(c5ccccn5)CC4)ccc3c2)CC1. The Kier molecular flexibility index (Phi) is 6.82. The van der Waals surface area contributed by atoms with Crippen LogP contribution in [0.3, 0.4) is 0 Å². The summed E-state index contributed by atoms with van der Waals surface area (Å²) in [6, 6.07) is 19.6. The second-order valence-electron chi connectivity index (χ2n) is 10.2. The van der Waals surface area contributed by atoms with E-state index in [1.807, 2.05) is 12.3 Å². The van der Waals surface area contributed by atoms with Crippen LogP contribution in [0.4, 0.5) is 5.82 Å². The predicted octanol–water partition coefficient (Wildman–Crippen LogP) is 6.15. The Labute approximate surface area is 198 Å². The zero-order valence-corrected chi connectivity index (χ0v) is 20.1. The van der Waals surface area contributed by atoms with Crippen molar-refractivity contribution in [1.82, 2.24) is 9.88 Å². The lowest BCUT2D eigenvalue weighted by molar-refractivity contribution is 0.117. The highest BCUT2D eigenvalue weighted by Crippen LogP contribution is 2.33. The molecule has 2 aliphatic rings. The molecule has 0 unspecified atom stereocenters. The van der Waals surface area contributed by atoms with Crippen LogP contribution in [0, 0.1) is 11.8 Å². The number of aromatic nitrogens is 1. The number of rotatable bonds is 6. The van der Waals surface area contributed by atoms with Gasteiger partial charge in [0.1, 0.15) is 11.6 Å². The molecule has 0 N–H and O–H groups in total. The molecule has 0 bridgehead atoms. The molecule has 2 fully saturated rings. The van der Waals surface area contributed by atoms with Gasteiger partial charge < -0.3 is 9.64 Å². The minimum Gasteiger partial charge on any atom is -0.490 e. The van der Waals surface area contributed by atoms with Gasteiger partial charge in [0, 0.05) is 38.9 Å². The van der Waals surface area contributed by atoms with Gasteiger partial charge in [-0.05, 0) is 84.2 Å². The first-order valence-corrected chi connectivity index (χ1v) is 12.7. The molecule has 5 rings (SSSR count). The van der Waals surface area contributed by atoms with Crippen molar-refractivity contribution in [2.24, 2.45) is 11.8 Å². The van der Waals surface area contributed by atoms with E-state index < -0.39 is 0 Å². The van der Waals surface area contributed by atoms with Crippen LogP contribution < -0.4 is 9.64 Å². The maximum absolute atomic E-state index is 6.37. The fourth-order valence-corrected chi connectivity index (χ4v) is 5.44. The summed E-state index contributed by atoms with van der Waals surface area (Å²) in [6.07, 6.45) is 7.23. The van der Waals surface area contributed by atoms with Crippen molar-refractivity contribution in [3.63, 3.8) is 0 Å². The topological polar surface area (TPSA) is 28.6 Å². The van der Waals surface area contributed by atoms with Crippen LogP contribution in [0.25, 0.3) is 10.8 Å². The Morgan fingerprint density at radius 3 is 2.36 bits per heavy atom. The molecule has 1 aliphatic heterocycles. The summed E-state index contributed by atoms with van der Waals surface area (Å²) in [5.74, 6) is 3.78. The first-order valence-electron chi connectivity index (χ1n) is 12.7. The van der Waals surface area contributed by atoms with Gasteiger partial charge in [0.2, 0.25) is 0 Å². The molecule has 174 valence electrons. The summed E-state index contributed by atoms with van der Waals surface area (Å²) in [4.78, 5) is 9.43. The number of anilines is 1. The molecule has 1 aliphatic carbocycles. The van der Waals surface area contributed by atoms with E-state index in [1.165, 1.54) is 42.0 Å². The summed E-state index contributed by atoms with van der Waals surface area (Å²) in [5.41, 5.74) is 1.38. The maximum Gasteiger partial charge on any atom is 0.128 e. The third kappa shape index (κ3) is 5.50. The largest absolute Gasteiger partial charge is 0.490 e. The second kappa shape index (κ2) is 10.1. The van der Waals surface area contributed by atoms with Crippen LogP contribution in [0.15, 0.2) is 60.8 Å². The van der Waals surface area contributed by atoms with E-state index in [0.29, 0.717) is 6.10 Å². The van der Waals surface area contributed by atoms with E-state index in [1.54, 1.807) is 0 Å². The van der Waals surface area contributed by atoms with Crippen molar-refractivity contribution in [3.8, 4) is 5.75 Å². The minimum absolute atomic E-state index is 0.376. The number of hydrogen-bond donors (Lipinski definition) is 0. The molecule has 0 radical (unpaired) electrons.